The summed E-state index contributed by atoms with van der Waals surface area (Å²) in [4.78, 5) is 17.4. The first-order chi connectivity index (χ1) is 17.3. The van der Waals surface area contributed by atoms with Gasteiger partial charge in [0, 0.05) is 19.5 Å². The number of fused-ring (bicyclic) bond motifs is 1. The molecule has 0 bridgehead atoms. The predicted octanol–water partition coefficient (Wildman–Crippen LogP) is 6.04. The monoisotopic (exact) mass is 459 g/mol. The Morgan fingerprint density at radius 1 is 0.714 bits per heavy atom. The molecule has 0 spiro atoms. The summed E-state index contributed by atoms with van der Waals surface area (Å²) in [5, 5.41) is 3.07. The van der Waals surface area contributed by atoms with E-state index >= 15 is 0 Å². The molecule has 5 aromatic rings. The smallest absolute Gasteiger partial charge is 0.224 e. The van der Waals surface area contributed by atoms with E-state index in [2.05, 4.69) is 76.6 Å². The lowest BCUT2D eigenvalue weighted by atomic mass is 10.0. The van der Waals surface area contributed by atoms with E-state index in [1.165, 1.54) is 11.1 Å². The van der Waals surface area contributed by atoms with Crippen molar-refractivity contribution in [3.63, 3.8) is 0 Å². The minimum atomic E-state index is 0.0512. The Morgan fingerprint density at radius 3 is 2.14 bits per heavy atom. The van der Waals surface area contributed by atoms with Gasteiger partial charge < -0.3 is 9.88 Å². The normalized spacial score (nSPS) is 11.0. The zero-order valence-electron chi connectivity index (χ0n) is 19.7. The molecular formula is C31H29N3O. The fourth-order valence-corrected chi connectivity index (χ4v) is 4.43. The molecule has 35 heavy (non-hydrogen) atoms. The van der Waals surface area contributed by atoms with E-state index in [0.29, 0.717) is 13.0 Å². The van der Waals surface area contributed by atoms with Crippen molar-refractivity contribution < 1.29 is 4.79 Å². The average Bonchev–Trinajstić information content (AvgIpc) is 3.25. The molecule has 0 unspecified atom stereocenters. The fourth-order valence-electron chi connectivity index (χ4n) is 4.43. The Hall–Kier alpha value is -4.18. The van der Waals surface area contributed by atoms with E-state index in [1.54, 1.807) is 0 Å². The van der Waals surface area contributed by atoms with Gasteiger partial charge >= 0.3 is 0 Å². The number of aryl methyl sites for hydroxylation is 1. The number of carbonyl (C=O) groups is 1. The van der Waals surface area contributed by atoms with Gasteiger partial charge in [-0.25, -0.2) is 4.98 Å². The molecule has 1 amide bonds. The molecule has 0 aliphatic carbocycles. The second kappa shape index (κ2) is 10.8. The summed E-state index contributed by atoms with van der Waals surface area (Å²) in [5.74, 6) is 1.11. The van der Waals surface area contributed by atoms with Crippen molar-refractivity contribution in [2.24, 2.45) is 0 Å². The van der Waals surface area contributed by atoms with Gasteiger partial charge in [0.1, 0.15) is 5.82 Å². The first-order valence-corrected chi connectivity index (χ1v) is 12.2. The Bertz CT molecular complexity index is 1390. The molecule has 4 aromatic carbocycles. The molecule has 5 rings (SSSR count). The zero-order chi connectivity index (χ0) is 23.9. The molecule has 0 atom stereocenters. The van der Waals surface area contributed by atoms with Crippen LogP contribution in [0.3, 0.4) is 0 Å². The highest BCUT2D eigenvalue weighted by Gasteiger charge is 2.11. The number of hydrogen-bond acceptors (Lipinski definition) is 2. The van der Waals surface area contributed by atoms with Gasteiger partial charge in [-0.15, -0.1) is 0 Å². The zero-order valence-corrected chi connectivity index (χ0v) is 19.7. The van der Waals surface area contributed by atoms with Crippen LogP contribution < -0.4 is 5.32 Å². The van der Waals surface area contributed by atoms with Gasteiger partial charge in [0.05, 0.1) is 17.5 Å². The van der Waals surface area contributed by atoms with E-state index in [0.717, 1.165) is 47.4 Å². The third kappa shape index (κ3) is 5.67. The van der Waals surface area contributed by atoms with Crippen molar-refractivity contribution in [3.8, 4) is 11.1 Å². The van der Waals surface area contributed by atoms with Crippen molar-refractivity contribution in [1.29, 1.82) is 0 Å². The van der Waals surface area contributed by atoms with Crippen molar-refractivity contribution >= 4 is 16.9 Å². The standard InChI is InChI=1S/C31H29N3O/c35-31(22-24-17-19-27(20-18-24)26-12-5-2-6-13-26)32-21-9-16-30-33-28-14-7-8-15-29(28)34(30)23-25-10-3-1-4-11-25/h1-8,10-15,17-20H,9,16,21-23H2,(H,32,35). The van der Waals surface area contributed by atoms with E-state index in [9.17, 15) is 4.79 Å². The summed E-state index contributed by atoms with van der Waals surface area (Å²) >= 11 is 0. The molecule has 0 aliphatic heterocycles. The number of hydrogen-bond donors (Lipinski definition) is 1. The van der Waals surface area contributed by atoms with Crippen LogP contribution in [0, 0.1) is 0 Å². The Balaban J connectivity index is 1.16. The molecule has 1 heterocycles. The van der Waals surface area contributed by atoms with Crippen LogP contribution in [0.5, 0.6) is 0 Å². The van der Waals surface area contributed by atoms with Crippen molar-refractivity contribution in [1.82, 2.24) is 14.9 Å². The topological polar surface area (TPSA) is 46.9 Å². The number of amides is 1. The largest absolute Gasteiger partial charge is 0.356 e. The summed E-state index contributed by atoms with van der Waals surface area (Å²) in [7, 11) is 0. The van der Waals surface area contributed by atoms with Gasteiger partial charge in [0.25, 0.3) is 0 Å². The second-order valence-corrected chi connectivity index (χ2v) is 8.78. The summed E-state index contributed by atoms with van der Waals surface area (Å²) in [5.41, 5.74) is 6.78. The van der Waals surface area contributed by atoms with Crippen molar-refractivity contribution in [2.45, 2.75) is 25.8 Å². The van der Waals surface area contributed by atoms with Gasteiger partial charge in [0.2, 0.25) is 5.91 Å². The van der Waals surface area contributed by atoms with E-state index < -0.39 is 0 Å². The van der Waals surface area contributed by atoms with Crippen LogP contribution in [0.25, 0.3) is 22.2 Å². The predicted molar refractivity (Wildman–Crippen MR) is 142 cm³/mol. The Labute approximate surface area is 206 Å². The SMILES string of the molecule is O=C(Cc1ccc(-c2ccccc2)cc1)NCCCc1nc2ccccc2n1Cc1ccccc1. The van der Waals surface area contributed by atoms with Gasteiger partial charge in [-0.3, -0.25) is 4.79 Å². The molecule has 0 saturated carbocycles. The van der Waals surface area contributed by atoms with E-state index in [-0.39, 0.29) is 5.91 Å². The lowest BCUT2D eigenvalue weighted by Gasteiger charge is -2.10. The fraction of sp³-hybridized carbons (Fsp3) is 0.161. The van der Waals surface area contributed by atoms with Crippen LogP contribution in [0.2, 0.25) is 0 Å². The molecule has 1 aromatic heterocycles. The number of carbonyl (C=O) groups excluding carboxylic acids is 1. The highest BCUT2D eigenvalue weighted by Crippen LogP contribution is 2.20. The number of benzene rings is 4. The first kappa shape index (κ1) is 22.6. The van der Waals surface area contributed by atoms with Gasteiger partial charge in [0.15, 0.2) is 0 Å². The van der Waals surface area contributed by atoms with Crippen LogP contribution in [0.1, 0.15) is 23.4 Å². The van der Waals surface area contributed by atoms with Crippen LogP contribution in [0.4, 0.5) is 0 Å². The number of nitrogens with zero attached hydrogens (tertiary/aromatic N) is 2. The van der Waals surface area contributed by atoms with Crippen molar-refractivity contribution in [3.05, 3.63) is 126 Å². The number of para-hydroxylation sites is 2. The number of nitrogens with one attached hydrogen (secondary N) is 1. The number of aromatic nitrogens is 2. The van der Waals surface area contributed by atoms with Crippen LogP contribution in [-0.4, -0.2) is 22.0 Å². The van der Waals surface area contributed by atoms with Crippen LogP contribution >= 0.6 is 0 Å². The lowest BCUT2D eigenvalue weighted by Crippen LogP contribution is -2.26. The molecule has 174 valence electrons. The van der Waals surface area contributed by atoms with Crippen LogP contribution in [-0.2, 0) is 24.2 Å². The van der Waals surface area contributed by atoms with Crippen molar-refractivity contribution in [2.75, 3.05) is 6.54 Å². The highest BCUT2D eigenvalue weighted by molar-refractivity contribution is 5.79. The third-order valence-corrected chi connectivity index (χ3v) is 6.24. The maximum Gasteiger partial charge on any atom is 0.224 e. The summed E-state index contributed by atoms with van der Waals surface area (Å²) < 4.78 is 2.29. The Kier molecular flexibility index (Phi) is 7.00. The van der Waals surface area contributed by atoms with Gasteiger partial charge in [-0.05, 0) is 40.8 Å². The molecule has 0 saturated heterocycles. The third-order valence-electron chi connectivity index (χ3n) is 6.24. The molecule has 0 radical (unpaired) electrons. The molecule has 0 fully saturated rings. The molecule has 0 aliphatic rings. The molecule has 4 heteroatoms. The lowest BCUT2D eigenvalue weighted by molar-refractivity contribution is -0.120. The molecule has 1 N–H and O–H groups in total. The maximum atomic E-state index is 12.5. The minimum absolute atomic E-state index is 0.0512. The van der Waals surface area contributed by atoms with E-state index in [1.807, 2.05) is 42.5 Å². The van der Waals surface area contributed by atoms with Crippen LogP contribution in [0.15, 0.2) is 109 Å². The molecule has 4 nitrogen and oxygen atoms in total. The average molecular weight is 460 g/mol. The summed E-state index contributed by atoms with van der Waals surface area (Å²) in [6.45, 7) is 1.43. The maximum absolute atomic E-state index is 12.5. The van der Waals surface area contributed by atoms with E-state index in [4.69, 9.17) is 4.98 Å². The Morgan fingerprint density at radius 2 is 1.37 bits per heavy atom. The number of rotatable bonds is 9. The first-order valence-electron chi connectivity index (χ1n) is 12.2. The number of imidazole rings is 1. The van der Waals surface area contributed by atoms with Gasteiger partial charge in [-0.1, -0.05) is 97.1 Å². The second-order valence-electron chi connectivity index (χ2n) is 8.78. The van der Waals surface area contributed by atoms with Gasteiger partial charge in [-0.2, -0.15) is 0 Å². The quantitative estimate of drug-likeness (QED) is 0.273. The summed E-state index contributed by atoms with van der Waals surface area (Å²) in [6.07, 6.45) is 2.05. The minimum Gasteiger partial charge on any atom is -0.356 e. The highest BCUT2D eigenvalue weighted by atomic mass is 16.1. The summed E-state index contributed by atoms with van der Waals surface area (Å²) in [6, 6.07) is 37.2. The molecular weight excluding hydrogens is 430 g/mol.